The van der Waals surface area contributed by atoms with Crippen LogP contribution in [0.4, 0.5) is 5.69 Å². The van der Waals surface area contributed by atoms with Crippen LogP contribution in [-0.2, 0) is 4.79 Å². The van der Waals surface area contributed by atoms with Crippen molar-refractivity contribution in [2.75, 3.05) is 19.0 Å². The van der Waals surface area contributed by atoms with E-state index in [0.717, 1.165) is 0 Å². The number of nitriles is 1. The maximum Gasteiger partial charge on any atom is 0.266 e. The molecule has 1 amide bonds. The predicted octanol–water partition coefficient (Wildman–Crippen LogP) is 3.91. The molecule has 1 N–H and O–H groups in total. The molecule has 6 heteroatoms. The van der Waals surface area contributed by atoms with E-state index in [1.165, 1.54) is 13.2 Å². The summed E-state index contributed by atoms with van der Waals surface area (Å²) in [6.45, 7) is 0.110. The number of nitrogens with zero attached hydrogens (tertiary/aromatic N) is 1. The van der Waals surface area contributed by atoms with E-state index in [1.807, 2.05) is 6.07 Å². The zero-order valence-electron chi connectivity index (χ0n) is 14.0. The number of hydrogen-bond acceptors (Lipinski definition) is 4. The molecule has 2 rings (SSSR count). The van der Waals surface area contributed by atoms with Gasteiger partial charge >= 0.3 is 0 Å². The highest BCUT2D eigenvalue weighted by molar-refractivity contribution is 6.30. The van der Waals surface area contributed by atoms with Crippen molar-refractivity contribution >= 4 is 29.3 Å². The van der Waals surface area contributed by atoms with E-state index in [9.17, 15) is 10.1 Å². The highest BCUT2D eigenvalue weighted by atomic mass is 35.5. The first kappa shape index (κ1) is 18.9. The monoisotopic (exact) mass is 366 g/mol. The average molecular weight is 367 g/mol. The quantitative estimate of drug-likeness (QED) is 0.478. The van der Waals surface area contributed by atoms with Crippen LogP contribution in [0.1, 0.15) is 5.56 Å². The van der Waals surface area contributed by atoms with Crippen molar-refractivity contribution in [3.8, 4) is 29.9 Å². The van der Waals surface area contributed by atoms with Gasteiger partial charge in [-0.25, -0.2) is 0 Å². The fraction of sp³-hybridized carbons (Fsp3) is 0.100. The molecule has 26 heavy (non-hydrogen) atoms. The summed E-state index contributed by atoms with van der Waals surface area (Å²) in [7, 11) is 1.49. The summed E-state index contributed by atoms with van der Waals surface area (Å²) in [6.07, 6.45) is 6.63. The molecule has 0 spiro atoms. The molecular weight excluding hydrogens is 352 g/mol. The van der Waals surface area contributed by atoms with Crippen molar-refractivity contribution in [3.63, 3.8) is 0 Å². The van der Waals surface area contributed by atoms with Crippen LogP contribution in [0.3, 0.4) is 0 Å². The SMILES string of the molecule is C#CCOc1ccc(/C=C(/C#N)C(=O)Nc2ccc(Cl)cc2)cc1OC. The molecular formula is C20H15ClN2O3. The van der Waals surface area contributed by atoms with Crippen LogP contribution in [0, 0.1) is 23.7 Å². The molecule has 0 saturated heterocycles. The maximum absolute atomic E-state index is 12.3. The van der Waals surface area contributed by atoms with Gasteiger partial charge in [0.05, 0.1) is 7.11 Å². The number of nitrogens with one attached hydrogen (secondary N) is 1. The third kappa shape index (κ3) is 5.04. The van der Waals surface area contributed by atoms with Gasteiger partial charge in [-0.15, -0.1) is 6.42 Å². The Kier molecular flexibility index (Phi) is 6.68. The third-order valence-electron chi connectivity index (χ3n) is 3.28. The minimum atomic E-state index is -0.526. The van der Waals surface area contributed by atoms with Gasteiger partial charge in [-0.2, -0.15) is 5.26 Å². The van der Waals surface area contributed by atoms with Crippen molar-refractivity contribution < 1.29 is 14.3 Å². The van der Waals surface area contributed by atoms with E-state index in [4.69, 9.17) is 27.5 Å². The Morgan fingerprint density at radius 1 is 1.27 bits per heavy atom. The lowest BCUT2D eigenvalue weighted by atomic mass is 10.1. The summed E-state index contributed by atoms with van der Waals surface area (Å²) >= 11 is 5.81. The molecule has 0 fully saturated rings. The molecule has 0 unspecified atom stereocenters. The van der Waals surface area contributed by atoms with Crippen LogP contribution < -0.4 is 14.8 Å². The first-order valence-electron chi connectivity index (χ1n) is 7.50. The zero-order valence-corrected chi connectivity index (χ0v) is 14.7. The van der Waals surface area contributed by atoms with Gasteiger partial charge in [0.15, 0.2) is 11.5 Å². The van der Waals surface area contributed by atoms with Gasteiger partial charge in [0, 0.05) is 10.7 Å². The molecule has 0 bridgehead atoms. The Bertz CT molecular complexity index is 906. The van der Waals surface area contributed by atoms with Crippen LogP contribution in [0.5, 0.6) is 11.5 Å². The van der Waals surface area contributed by atoms with Crippen molar-refractivity contribution in [2.45, 2.75) is 0 Å². The molecule has 0 aliphatic carbocycles. The number of terminal acetylenes is 1. The highest BCUT2D eigenvalue weighted by Gasteiger charge is 2.11. The standard InChI is InChI=1S/C20H15ClN2O3/c1-3-10-26-18-9-4-14(12-19(18)25-2)11-15(13-22)20(24)23-17-7-5-16(21)6-8-17/h1,4-9,11-12H,10H2,2H3,(H,23,24)/b15-11-. The van der Waals surface area contributed by atoms with E-state index >= 15 is 0 Å². The Hall–Kier alpha value is -3.41. The number of benzene rings is 2. The molecule has 0 atom stereocenters. The van der Waals surface area contributed by atoms with Crippen LogP contribution >= 0.6 is 11.6 Å². The minimum Gasteiger partial charge on any atom is -0.493 e. The van der Waals surface area contributed by atoms with Gasteiger partial charge in [0.1, 0.15) is 18.2 Å². The van der Waals surface area contributed by atoms with E-state index in [-0.39, 0.29) is 12.2 Å². The summed E-state index contributed by atoms with van der Waals surface area (Å²) < 4.78 is 10.6. The maximum atomic E-state index is 12.3. The summed E-state index contributed by atoms with van der Waals surface area (Å²) in [5.41, 5.74) is 1.09. The molecule has 2 aromatic carbocycles. The van der Waals surface area contributed by atoms with Crippen LogP contribution in [0.15, 0.2) is 48.0 Å². The van der Waals surface area contributed by atoms with E-state index in [0.29, 0.717) is 27.8 Å². The fourth-order valence-electron chi connectivity index (χ4n) is 2.06. The molecule has 0 saturated carbocycles. The van der Waals surface area contributed by atoms with Crippen molar-refractivity contribution in [3.05, 3.63) is 58.6 Å². The number of halogens is 1. The average Bonchev–Trinajstić information content (AvgIpc) is 2.66. The summed E-state index contributed by atoms with van der Waals surface area (Å²) in [6, 6.07) is 13.5. The number of hydrogen-bond donors (Lipinski definition) is 1. The molecule has 0 aliphatic heterocycles. The topological polar surface area (TPSA) is 71.3 Å². The van der Waals surface area contributed by atoms with Gasteiger partial charge in [0.25, 0.3) is 5.91 Å². The number of carbonyl (C=O) groups is 1. The molecule has 0 radical (unpaired) electrons. The Labute approximate surface area is 156 Å². The molecule has 5 nitrogen and oxygen atoms in total. The first-order valence-corrected chi connectivity index (χ1v) is 7.88. The second kappa shape index (κ2) is 9.17. The predicted molar refractivity (Wildman–Crippen MR) is 101 cm³/mol. The number of carbonyl (C=O) groups excluding carboxylic acids is 1. The Morgan fingerprint density at radius 2 is 2.00 bits per heavy atom. The molecule has 0 heterocycles. The lowest BCUT2D eigenvalue weighted by molar-refractivity contribution is -0.112. The second-order valence-electron chi connectivity index (χ2n) is 5.03. The fourth-order valence-corrected chi connectivity index (χ4v) is 2.19. The van der Waals surface area contributed by atoms with E-state index < -0.39 is 5.91 Å². The molecule has 0 aliphatic rings. The number of ether oxygens (including phenoxy) is 2. The number of anilines is 1. The number of rotatable bonds is 6. The highest BCUT2D eigenvalue weighted by Crippen LogP contribution is 2.29. The van der Waals surface area contributed by atoms with Crippen molar-refractivity contribution in [1.29, 1.82) is 5.26 Å². The van der Waals surface area contributed by atoms with Gasteiger partial charge in [-0.05, 0) is 48.0 Å². The summed E-state index contributed by atoms with van der Waals surface area (Å²) in [4.78, 5) is 12.3. The van der Waals surface area contributed by atoms with Crippen molar-refractivity contribution in [1.82, 2.24) is 0 Å². The summed E-state index contributed by atoms with van der Waals surface area (Å²) in [5, 5.41) is 12.5. The second-order valence-corrected chi connectivity index (χ2v) is 5.47. The molecule has 0 aromatic heterocycles. The summed E-state index contributed by atoms with van der Waals surface area (Å²) in [5.74, 6) is 2.77. The van der Waals surface area contributed by atoms with E-state index in [2.05, 4.69) is 11.2 Å². The lowest BCUT2D eigenvalue weighted by Gasteiger charge is -2.09. The van der Waals surface area contributed by atoms with Crippen molar-refractivity contribution in [2.24, 2.45) is 0 Å². The Balaban J connectivity index is 2.22. The van der Waals surface area contributed by atoms with Crippen LogP contribution in [0.25, 0.3) is 6.08 Å². The third-order valence-corrected chi connectivity index (χ3v) is 3.53. The lowest BCUT2D eigenvalue weighted by Crippen LogP contribution is -2.13. The number of methoxy groups -OCH3 is 1. The Morgan fingerprint density at radius 3 is 2.62 bits per heavy atom. The minimum absolute atomic E-state index is 0.0562. The molecule has 2 aromatic rings. The van der Waals surface area contributed by atoms with Crippen LogP contribution in [0.2, 0.25) is 5.02 Å². The van der Waals surface area contributed by atoms with Crippen LogP contribution in [-0.4, -0.2) is 19.6 Å². The van der Waals surface area contributed by atoms with Gasteiger partial charge in [-0.3, -0.25) is 4.79 Å². The smallest absolute Gasteiger partial charge is 0.266 e. The first-order chi connectivity index (χ1) is 12.6. The van der Waals surface area contributed by atoms with E-state index in [1.54, 1.807) is 42.5 Å². The number of amides is 1. The molecule has 130 valence electrons. The van der Waals surface area contributed by atoms with Gasteiger partial charge in [-0.1, -0.05) is 23.6 Å². The zero-order chi connectivity index (χ0) is 18.9. The van der Waals surface area contributed by atoms with Gasteiger partial charge in [0.2, 0.25) is 0 Å². The van der Waals surface area contributed by atoms with Gasteiger partial charge < -0.3 is 14.8 Å². The normalized spacial score (nSPS) is 10.4. The largest absolute Gasteiger partial charge is 0.493 e.